The average Bonchev–Trinajstić information content (AvgIpc) is 2.82. The van der Waals surface area contributed by atoms with Crippen LogP contribution >= 0.6 is 11.6 Å². The number of amides is 1. The first-order valence-corrected chi connectivity index (χ1v) is 5.82. The Labute approximate surface area is 109 Å². The lowest BCUT2D eigenvalue weighted by atomic mass is 10.3. The number of rotatable bonds is 3. The molecule has 0 aromatic carbocycles. The van der Waals surface area contributed by atoms with Gasteiger partial charge in [0, 0.05) is 6.42 Å². The van der Waals surface area contributed by atoms with E-state index in [9.17, 15) is 4.79 Å². The van der Waals surface area contributed by atoms with Gasteiger partial charge in [0.2, 0.25) is 5.82 Å². The number of carbonyl (C=O) groups is 1. The predicted octanol–water partition coefficient (Wildman–Crippen LogP) is 1.98. The zero-order valence-electron chi connectivity index (χ0n) is 9.99. The minimum atomic E-state index is -0.380. The summed E-state index contributed by atoms with van der Waals surface area (Å²) in [5.41, 5.74) is 1.35. The zero-order chi connectivity index (χ0) is 13.1. The number of nitrogens with zero attached hydrogens (tertiary/aromatic N) is 3. The highest BCUT2D eigenvalue weighted by atomic mass is 35.5. The largest absolute Gasteiger partial charge is 0.318 e. The predicted molar refractivity (Wildman–Crippen MR) is 67.7 cm³/mol. The molecule has 94 valence electrons. The lowest BCUT2D eigenvalue weighted by Gasteiger charge is -2.03. The maximum absolute atomic E-state index is 11.8. The van der Waals surface area contributed by atoms with Crippen molar-refractivity contribution >= 4 is 23.2 Å². The van der Waals surface area contributed by atoms with Crippen molar-refractivity contribution in [2.75, 3.05) is 5.32 Å². The molecular weight excluding hydrogens is 254 g/mol. The van der Waals surface area contributed by atoms with Crippen LogP contribution in [0.5, 0.6) is 0 Å². The number of carbonyl (C=O) groups excluding carboxylic acids is 1. The van der Waals surface area contributed by atoms with E-state index in [-0.39, 0.29) is 11.7 Å². The van der Waals surface area contributed by atoms with Crippen LogP contribution in [0.15, 0.2) is 12.3 Å². The van der Waals surface area contributed by atoms with Gasteiger partial charge in [0.15, 0.2) is 0 Å². The van der Waals surface area contributed by atoms with Gasteiger partial charge in [0.05, 0.1) is 11.9 Å². The number of aromatic amines is 1. The minimum Gasteiger partial charge on any atom is -0.318 e. The summed E-state index contributed by atoms with van der Waals surface area (Å²) in [6.07, 6.45) is 2.18. The molecule has 2 aromatic rings. The molecule has 6 nitrogen and oxygen atoms in total. The Bertz CT molecular complexity index is 581. The summed E-state index contributed by atoms with van der Waals surface area (Å²) in [5.74, 6) is 0.402. The van der Waals surface area contributed by atoms with Crippen LogP contribution in [0, 0.1) is 6.92 Å². The Hall–Kier alpha value is -1.95. The number of aryl methyl sites for hydroxylation is 2. The third kappa shape index (κ3) is 2.65. The van der Waals surface area contributed by atoms with Crippen molar-refractivity contribution in [1.82, 2.24) is 20.2 Å². The third-order valence-corrected chi connectivity index (χ3v) is 2.74. The lowest BCUT2D eigenvalue weighted by Crippen LogP contribution is -2.14. The molecule has 0 aliphatic carbocycles. The van der Waals surface area contributed by atoms with E-state index in [4.69, 9.17) is 11.6 Å². The fourth-order valence-electron chi connectivity index (χ4n) is 1.37. The van der Waals surface area contributed by atoms with Crippen molar-refractivity contribution in [3.8, 4) is 0 Å². The molecule has 2 heterocycles. The second kappa shape index (κ2) is 5.14. The fourth-order valence-corrected chi connectivity index (χ4v) is 1.47. The van der Waals surface area contributed by atoms with Crippen molar-refractivity contribution in [3.05, 3.63) is 34.6 Å². The Morgan fingerprint density at radius 1 is 1.56 bits per heavy atom. The van der Waals surface area contributed by atoms with Gasteiger partial charge in [0.1, 0.15) is 11.0 Å². The van der Waals surface area contributed by atoms with Gasteiger partial charge < -0.3 is 5.32 Å². The molecule has 2 N–H and O–H groups in total. The first kappa shape index (κ1) is 12.5. The molecule has 0 unspecified atom stereocenters. The first-order valence-electron chi connectivity index (χ1n) is 5.45. The van der Waals surface area contributed by atoms with E-state index in [1.165, 1.54) is 6.20 Å². The summed E-state index contributed by atoms with van der Waals surface area (Å²) in [6, 6.07) is 1.74. The molecule has 7 heteroatoms. The second-order valence-electron chi connectivity index (χ2n) is 3.75. The van der Waals surface area contributed by atoms with Gasteiger partial charge in [0.25, 0.3) is 5.91 Å². The number of pyridine rings is 1. The summed E-state index contributed by atoms with van der Waals surface area (Å²) >= 11 is 5.80. The first-order chi connectivity index (χ1) is 8.60. The maximum Gasteiger partial charge on any atom is 0.295 e. The molecular formula is C11H12ClN5O. The average molecular weight is 266 g/mol. The molecule has 0 saturated carbocycles. The van der Waals surface area contributed by atoms with Crippen molar-refractivity contribution in [3.63, 3.8) is 0 Å². The summed E-state index contributed by atoms with van der Waals surface area (Å²) in [4.78, 5) is 19.8. The van der Waals surface area contributed by atoms with Crippen LogP contribution in [-0.2, 0) is 6.42 Å². The van der Waals surface area contributed by atoms with Crippen LogP contribution < -0.4 is 5.32 Å². The molecule has 18 heavy (non-hydrogen) atoms. The van der Waals surface area contributed by atoms with E-state index in [2.05, 4.69) is 25.5 Å². The molecule has 0 aliphatic heterocycles. The molecule has 0 saturated heterocycles. The van der Waals surface area contributed by atoms with Crippen molar-refractivity contribution < 1.29 is 4.79 Å². The van der Waals surface area contributed by atoms with E-state index < -0.39 is 0 Å². The van der Waals surface area contributed by atoms with Gasteiger partial charge in [-0.25, -0.2) is 9.97 Å². The van der Waals surface area contributed by atoms with Gasteiger partial charge in [-0.3, -0.25) is 9.89 Å². The minimum absolute atomic E-state index is 0.111. The molecule has 2 rings (SSSR count). The highest BCUT2D eigenvalue weighted by Crippen LogP contribution is 2.16. The normalized spacial score (nSPS) is 10.4. The van der Waals surface area contributed by atoms with Crippen LogP contribution in [0.25, 0.3) is 0 Å². The number of nitrogens with one attached hydrogen (secondary N) is 2. The number of hydrogen-bond donors (Lipinski definition) is 2. The molecule has 0 bridgehead atoms. The van der Waals surface area contributed by atoms with Gasteiger partial charge in [-0.15, -0.1) is 5.10 Å². The summed E-state index contributed by atoms with van der Waals surface area (Å²) < 4.78 is 0. The third-order valence-electron chi connectivity index (χ3n) is 2.34. The standard InChI is InChI=1S/C11H12ClN5O/c1-3-8-15-10(17-16-8)11(18)14-7-4-6(2)9(12)13-5-7/h4-5H,3H2,1-2H3,(H,14,18)(H,15,16,17). The van der Waals surface area contributed by atoms with Crippen LogP contribution in [0.1, 0.15) is 28.9 Å². The smallest absolute Gasteiger partial charge is 0.295 e. The number of H-pyrrole nitrogens is 1. The summed E-state index contributed by atoms with van der Waals surface area (Å²) in [7, 11) is 0. The van der Waals surface area contributed by atoms with Crippen molar-refractivity contribution in [1.29, 1.82) is 0 Å². The number of aromatic nitrogens is 4. The molecule has 0 atom stereocenters. The Kier molecular flexibility index (Phi) is 3.57. The number of halogens is 1. The quantitative estimate of drug-likeness (QED) is 0.831. The molecule has 0 spiro atoms. The Balaban J connectivity index is 2.13. The molecule has 1 amide bonds. The van der Waals surface area contributed by atoms with Crippen LogP contribution in [0.4, 0.5) is 5.69 Å². The molecule has 0 radical (unpaired) electrons. The number of hydrogen-bond acceptors (Lipinski definition) is 4. The second-order valence-corrected chi connectivity index (χ2v) is 4.10. The topological polar surface area (TPSA) is 83.6 Å². The summed E-state index contributed by atoms with van der Waals surface area (Å²) in [5, 5.41) is 9.59. The Morgan fingerprint density at radius 2 is 2.33 bits per heavy atom. The SMILES string of the molecule is CCc1nc(C(=O)Nc2cnc(Cl)c(C)c2)n[nH]1. The van der Waals surface area contributed by atoms with E-state index in [1.54, 1.807) is 6.07 Å². The summed E-state index contributed by atoms with van der Waals surface area (Å²) in [6.45, 7) is 3.74. The monoisotopic (exact) mass is 265 g/mol. The van der Waals surface area contributed by atoms with Gasteiger partial charge >= 0.3 is 0 Å². The van der Waals surface area contributed by atoms with E-state index in [1.807, 2.05) is 13.8 Å². The number of anilines is 1. The van der Waals surface area contributed by atoms with E-state index >= 15 is 0 Å². The molecule has 0 fully saturated rings. The van der Waals surface area contributed by atoms with Crippen molar-refractivity contribution in [2.45, 2.75) is 20.3 Å². The lowest BCUT2D eigenvalue weighted by molar-refractivity contribution is 0.101. The highest BCUT2D eigenvalue weighted by Gasteiger charge is 2.12. The highest BCUT2D eigenvalue weighted by molar-refractivity contribution is 6.30. The van der Waals surface area contributed by atoms with Gasteiger partial charge in [-0.2, -0.15) is 0 Å². The van der Waals surface area contributed by atoms with Crippen LogP contribution in [-0.4, -0.2) is 26.1 Å². The van der Waals surface area contributed by atoms with E-state index in [0.717, 1.165) is 5.56 Å². The zero-order valence-corrected chi connectivity index (χ0v) is 10.7. The van der Waals surface area contributed by atoms with Gasteiger partial charge in [-0.1, -0.05) is 18.5 Å². The van der Waals surface area contributed by atoms with Crippen LogP contribution in [0.2, 0.25) is 5.15 Å². The van der Waals surface area contributed by atoms with Gasteiger partial charge in [-0.05, 0) is 18.6 Å². The molecule has 2 aromatic heterocycles. The Morgan fingerprint density at radius 3 is 2.94 bits per heavy atom. The van der Waals surface area contributed by atoms with Crippen molar-refractivity contribution in [2.24, 2.45) is 0 Å². The maximum atomic E-state index is 11.8. The van der Waals surface area contributed by atoms with E-state index in [0.29, 0.717) is 23.1 Å². The van der Waals surface area contributed by atoms with Crippen LogP contribution in [0.3, 0.4) is 0 Å². The fraction of sp³-hybridized carbons (Fsp3) is 0.273. The molecule has 0 aliphatic rings.